The molecule has 0 fully saturated rings. The minimum absolute atomic E-state index is 0.0796. The van der Waals surface area contributed by atoms with Gasteiger partial charge in [-0.2, -0.15) is 10.4 Å². The molecule has 0 aliphatic heterocycles. The molecule has 0 saturated carbocycles. The molecule has 112 valence electrons. The molecule has 0 spiro atoms. The van der Waals surface area contributed by atoms with E-state index >= 15 is 0 Å². The second-order valence-corrected chi connectivity index (χ2v) is 5.70. The van der Waals surface area contributed by atoms with Crippen LogP contribution in [-0.4, -0.2) is 20.9 Å². The third kappa shape index (κ3) is 2.86. The number of aliphatic carboxylic acids is 1. The maximum Gasteiger partial charge on any atom is 0.303 e. The zero-order valence-electron chi connectivity index (χ0n) is 12.2. The Labute approximate surface area is 128 Å². The van der Waals surface area contributed by atoms with Crippen molar-refractivity contribution in [1.82, 2.24) is 9.78 Å². The van der Waals surface area contributed by atoms with Gasteiger partial charge in [-0.25, -0.2) is 0 Å². The zero-order chi connectivity index (χ0) is 15.5. The molecule has 1 aliphatic rings. The van der Waals surface area contributed by atoms with E-state index in [9.17, 15) is 4.79 Å². The molecule has 1 heterocycles. The number of carboxylic acids is 1. The fourth-order valence-electron chi connectivity index (χ4n) is 3.13. The number of benzene rings is 1. The topological polar surface area (TPSA) is 78.9 Å². The summed E-state index contributed by atoms with van der Waals surface area (Å²) in [4.78, 5) is 11.0. The smallest absolute Gasteiger partial charge is 0.303 e. The van der Waals surface area contributed by atoms with Crippen molar-refractivity contribution in [3.63, 3.8) is 0 Å². The summed E-state index contributed by atoms with van der Waals surface area (Å²) >= 11 is 0. The van der Waals surface area contributed by atoms with E-state index in [0.29, 0.717) is 12.1 Å². The fraction of sp³-hybridized carbons (Fsp3) is 0.353. The zero-order valence-corrected chi connectivity index (χ0v) is 12.2. The number of fused-ring (bicyclic) bond motifs is 1. The summed E-state index contributed by atoms with van der Waals surface area (Å²) in [7, 11) is 0. The van der Waals surface area contributed by atoms with Crippen LogP contribution in [0, 0.1) is 11.3 Å². The van der Waals surface area contributed by atoms with E-state index in [1.54, 1.807) is 12.1 Å². The molecule has 1 N–H and O–H groups in total. The Morgan fingerprint density at radius 1 is 1.41 bits per heavy atom. The van der Waals surface area contributed by atoms with Crippen LogP contribution in [0.1, 0.15) is 47.6 Å². The molecule has 1 aromatic carbocycles. The quantitative estimate of drug-likeness (QED) is 0.940. The lowest BCUT2D eigenvalue weighted by Gasteiger charge is -2.21. The van der Waals surface area contributed by atoms with Crippen molar-refractivity contribution in [3.8, 4) is 6.07 Å². The Balaban J connectivity index is 1.82. The molecular formula is C17H17N3O2. The number of aromatic nitrogens is 2. The fourth-order valence-corrected chi connectivity index (χ4v) is 3.13. The van der Waals surface area contributed by atoms with Crippen molar-refractivity contribution in [2.24, 2.45) is 0 Å². The minimum Gasteiger partial charge on any atom is -0.481 e. The molecule has 0 bridgehead atoms. The molecule has 2 aromatic rings. The van der Waals surface area contributed by atoms with Gasteiger partial charge >= 0.3 is 5.97 Å². The van der Waals surface area contributed by atoms with Crippen molar-refractivity contribution in [1.29, 1.82) is 5.26 Å². The molecule has 5 heteroatoms. The first-order valence-electron chi connectivity index (χ1n) is 7.43. The van der Waals surface area contributed by atoms with Crippen molar-refractivity contribution >= 4 is 5.97 Å². The first-order valence-corrected chi connectivity index (χ1v) is 7.43. The van der Waals surface area contributed by atoms with Crippen LogP contribution in [0.3, 0.4) is 0 Å². The number of nitrogens with zero attached hydrogens (tertiary/aromatic N) is 3. The Bertz CT molecular complexity index is 725. The predicted octanol–water partition coefficient (Wildman–Crippen LogP) is 2.70. The lowest BCUT2D eigenvalue weighted by molar-refractivity contribution is -0.137. The highest BCUT2D eigenvalue weighted by Crippen LogP contribution is 2.34. The third-order valence-electron chi connectivity index (χ3n) is 4.22. The van der Waals surface area contributed by atoms with Gasteiger partial charge in [-0.3, -0.25) is 9.48 Å². The highest BCUT2D eigenvalue weighted by molar-refractivity contribution is 5.68. The van der Waals surface area contributed by atoms with E-state index in [0.717, 1.165) is 36.1 Å². The molecule has 1 aliphatic carbocycles. The number of rotatable bonds is 4. The van der Waals surface area contributed by atoms with Crippen LogP contribution in [0.5, 0.6) is 0 Å². The van der Waals surface area contributed by atoms with Gasteiger partial charge in [-0.1, -0.05) is 12.1 Å². The van der Waals surface area contributed by atoms with E-state index in [1.807, 2.05) is 23.0 Å². The van der Waals surface area contributed by atoms with Gasteiger partial charge in [0.05, 0.1) is 30.8 Å². The summed E-state index contributed by atoms with van der Waals surface area (Å²) in [6.07, 6.45) is 4.87. The molecule has 0 saturated heterocycles. The van der Waals surface area contributed by atoms with Crippen molar-refractivity contribution in [2.75, 3.05) is 0 Å². The first kappa shape index (κ1) is 14.3. The second-order valence-electron chi connectivity index (χ2n) is 5.70. The molecule has 1 unspecified atom stereocenters. The Hall–Kier alpha value is -2.61. The maximum absolute atomic E-state index is 11.0. The normalized spacial score (nSPS) is 16.8. The average molecular weight is 295 g/mol. The minimum atomic E-state index is -0.752. The van der Waals surface area contributed by atoms with Gasteiger partial charge in [0.1, 0.15) is 0 Å². The summed E-state index contributed by atoms with van der Waals surface area (Å²) in [5.74, 6) is -0.673. The van der Waals surface area contributed by atoms with Crippen LogP contribution in [0.25, 0.3) is 0 Å². The second kappa shape index (κ2) is 6.02. The Morgan fingerprint density at radius 3 is 2.86 bits per heavy atom. The van der Waals surface area contributed by atoms with Crippen molar-refractivity contribution in [3.05, 3.63) is 52.8 Å². The van der Waals surface area contributed by atoms with E-state index in [4.69, 9.17) is 10.4 Å². The lowest BCUT2D eigenvalue weighted by Crippen LogP contribution is -2.15. The van der Waals surface area contributed by atoms with Crippen LogP contribution in [0.15, 0.2) is 30.5 Å². The first-order chi connectivity index (χ1) is 10.7. The van der Waals surface area contributed by atoms with Crippen LogP contribution in [-0.2, 0) is 17.8 Å². The lowest BCUT2D eigenvalue weighted by atomic mass is 9.85. The number of hydrogen-bond donors (Lipinski definition) is 1. The number of carbonyl (C=O) groups is 1. The Morgan fingerprint density at radius 2 is 2.18 bits per heavy atom. The Kier molecular flexibility index (Phi) is 3.92. The highest BCUT2D eigenvalue weighted by Gasteiger charge is 2.25. The molecule has 3 rings (SSSR count). The van der Waals surface area contributed by atoms with Gasteiger partial charge in [0, 0.05) is 5.69 Å². The summed E-state index contributed by atoms with van der Waals surface area (Å²) in [5, 5.41) is 22.3. The standard InChI is InChI=1S/C17H17N3O2/c18-9-12-4-6-13(7-5-12)11-20-16-3-1-2-14(8-17(21)22)15(16)10-19-20/h4-7,10,14H,1-3,8,11H2,(H,21,22). The molecule has 0 amide bonds. The molecule has 1 aromatic heterocycles. The van der Waals surface area contributed by atoms with Gasteiger partial charge < -0.3 is 5.11 Å². The van der Waals surface area contributed by atoms with Crippen LogP contribution in [0.4, 0.5) is 0 Å². The van der Waals surface area contributed by atoms with E-state index in [2.05, 4.69) is 11.2 Å². The number of carboxylic acid groups (broad SMARTS) is 1. The molecule has 22 heavy (non-hydrogen) atoms. The van der Waals surface area contributed by atoms with Gasteiger partial charge in [-0.15, -0.1) is 0 Å². The van der Waals surface area contributed by atoms with Crippen molar-refractivity contribution in [2.45, 2.75) is 38.1 Å². The van der Waals surface area contributed by atoms with Crippen molar-refractivity contribution < 1.29 is 9.90 Å². The number of nitriles is 1. The molecule has 0 radical (unpaired) electrons. The van der Waals surface area contributed by atoms with E-state index in [-0.39, 0.29) is 12.3 Å². The average Bonchev–Trinajstić information content (AvgIpc) is 2.92. The molecule has 5 nitrogen and oxygen atoms in total. The van der Waals surface area contributed by atoms with E-state index in [1.165, 1.54) is 0 Å². The summed E-state index contributed by atoms with van der Waals surface area (Å²) < 4.78 is 1.96. The van der Waals surface area contributed by atoms with Crippen LogP contribution < -0.4 is 0 Å². The van der Waals surface area contributed by atoms with Gasteiger partial charge in [0.25, 0.3) is 0 Å². The third-order valence-corrected chi connectivity index (χ3v) is 4.22. The van der Waals surface area contributed by atoms with Gasteiger partial charge in [0.2, 0.25) is 0 Å². The molecule has 1 atom stereocenters. The summed E-state index contributed by atoms with van der Waals surface area (Å²) in [5.41, 5.74) is 3.97. The SMILES string of the molecule is N#Cc1ccc(Cn2ncc3c2CCCC3CC(=O)O)cc1. The van der Waals surface area contributed by atoms with Crippen LogP contribution in [0.2, 0.25) is 0 Å². The van der Waals surface area contributed by atoms with Gasteiger partial charge in [0.15, 0.2) is 0 Å². The largest absolute Gasteiger partial charge is 0.481 e. The van der Waals surface area contributed by atoms with Gasteiger partial charge in [-0.05, 0) is 48.4 Å². The summed E-state index contributed by atoms with van der Waals surface area (Å²) in [6.45, 7) is 0.654. The number of hydrogen-bond acceptors (Lipinski definition) is 3. The monoisotopic (exact) mass is 295 g/mol. The van der Waals surface area contributed by atoms with E-state index < -0.39 is 5.97 Å². The predicted molar refractivity (Wildman–Crippen MR) is 80.4 cm³/mol. The van der Waals surface area contributed by atoms with Crippen LogP contribution >= 0.6 is 0 Å². The summed E-state index contributed by atoms with van der Waals surface area (Å²) in [6, 6.07) is 9.59. The highest BCUT2D eigenvalue weighted by atomic mass is 16.4. The molecular weight excluding hydrogens is 278 g/mol. The maximum atomic E-state index is 11.0.